The monoisotopic (exact) mass is 302 g/mol. The highest BCUT2D eigenvalue weighted by Gasteiger charge is 2.28. The maximum absolute atomic E-state index is 11.7. The number of benzene rings is 1. The van der Waals surface area contributed by atoms with Gasteiger partial charge in [0.1, 0.15) is 6.04 Å². The highest BCUT2D eigenvalue weighted by Crippen LogP contribution is 2.26. The zero-order valence-electron chi connectivity index (χ0n) is 8.84. The summed E-state index contributed by atoms with van der Waals surface area (Å²) in [6.45, 7) is 0.811. The summed E-state index contributed by atoms with van der Waals surface area (Å²) in [5.74, 6) is 0.145. The topological polar surface area (TPSA) is 32.3 Å². The van der Waals surface area contributed by atoms with Crippen LogP contribution in [-0.2, 0) is 4.79 Å². The van der Waals surface area contributed by atoms with Gasteiger partial charge in [0.25, 0.3) is 0 Å². The van der Waals surface area contributed by atoms with E-state index < -0.39 is 0 Å². The van der Waals surface area contributed by atoms with E-state index in [2.05, 4.69) is 21.2 Å². The van der Waals surface area contributed by atoms with Gasteiger partial charge in [0.2, 0.25) is 5.91 Å². The van der Waals surface area contributed by atoms with E-state index in [0.29, 0.717) is 5.02 Å². The van der Waals surface area contributed by atoms with Gasteiger partial charge in [-0.2, -0.15) is 0 Å². The molecule has 1 aliphatic rings. The molecule has 0 aromatic heterocycles. The van der Waals surface area contributed by atoms with Crippen molar-refractivity contribution in [2.45, 2.75) is 12.5 Å². The van der Waals surface area contributed by atoms with E-state index in [1.807, 2.05) is 19.2 Å². The molecule has 1 aromatic rings. The third-order valence-electron chi connectivity index (χ3n) is 2.69. The molecule has 1 N–H and O–H groups in total. The number of hydrogen-bond donors (Lipinski definition) is 1. The number of halogens is 2. The lowest BCUT2D eigenvalue weighted by Gasteiger charge is -2.13. The number of anilines is 1. The van der Waals surface area contributed by atoms with E-state index in [1.165, 1.54) is 0 Å². The molecule has 5 heteroatoms. The standard InChI is InChI=1S/C11H12BrClN2O/c1-15-5-4-10(11(15)16)14-7-2-3-9(13)8(12)6-7/h2-3,6,10,14H,4-5H2,1H3. The summed E-state index contributed by atoms with van der Waals surface area (Å²) in [6, 6.07) is 5.45. The summed E-state index contributed by atoms with van der Waals surface area (Å²) in [4.78, 5) is 13.4. The number of likely N-dealkylation sites (tertiary alicyclic amines) is 1. The molecule has 1 aliphatic heterocycles. The van der Waals surface area contributed by atoms with Crippen LogP contribution in [0.1, 0.15) is 6.42 Å². The van der Waals surface area contributed by atoms with Gasteiger partial charge in [0, 0.05) is 23.8 Å². The molecule has 0 saturated carbocycles. The lowest BCUT2D eigenvalue weighted by Crippen LogP contribution is -2.30. The summed E-state index contributed by atoms with van der Waals surface area (Å²) < 4.78 is 0.831. The van der Waals surface area contributed by atoms with Crippen LogP contribution in [0.5, 0.6) is 0 Å². The molecular formula is C11H12BrClN2O. The molecule has 1 amide bonds. The predicted molar refractivity (Wildman–Crippen MR) is 68.8 cm³/mol. The number of nitrogens with zero attached hydrogens (tertiary/aromatic N) is 1. The quantitative estimate of drug-likeness (QED) is 0.911. The smallest absolute Gasteiger partial charge is 0.244 e. The van der Waals surface area contributed by atoms with Crippen LogP contribution in [0.4, 0.5) is 5.69 Å². The number of likely N-dealkylation sites (N-methyl/N-ethyl adjacent to an activating group) is 1. The molecular weight excluding hydrogens is 291 g/mol. The zero-order chi connectivity index (χ0) is 11.7. The number of carbonyl (C=O) groups is 1. The first-order valence-corrected chi connectivity index (χ1v) is 6.21. The average Bonchev–Trinajstić information content (AvgIpc) is 2.55. The minimum absolute atomic E-state index is 0.113. The van der Waals surface area contributed by atoms with Crippen LogP contribution >= 0.6 is 27.5 Å². The van der Waals surface area contributed by atoms with Crippen molar-refractivity contribution < 1.29 is 4.79 Å². The molecule has 86 valence electrons. The largest absolute Gasteiger partial charge is 0.374 e. The van der Waals surface area contributed by atoms with Crippen LogP contribution in [0.15, 0.2) is 22.7 Å². The molecule has 1 saturated heterocycles. The summed E-state index contributed by atoms with van der Waals surface area (Å²) in [5, 5.41) is 3.88. The fourth-order valence-electron chi connectivity index (χ4n) is 1.74. The Morgan fingerprint density at radius 3 is 2.88 bits per heavy atom. The molecule has 3 nitrogen and oxygen atoms in total. The SMILES string of the molecule is CN1CCC(Nc2ccc(Cl)c(Br)c2)C1=O. The fourth-order valence-corrected chi connectivity index (χ4v) is 2.24. The molecule has 2 rings (SSSR count). The number of amides is 1. The number of carbonyl (C=O) groups excluding carboxylic acids is 1. The summed E-state index contributed by atoms with van der Waals surface area (Å²) >= 11 is 9.25. The number of rotatable bonds is 2. The molecule has 16 heavy (non-hydrogen) atoms. The fraction of sp³-hybridized carbons (Fsp3) is 0.364. The first-order chi connectivity index (χ1) is 7.58. The third-order valence-corrected chi connectivity index (χ3v) is 3.90. The summed E-state index contributed by atoms with van der Waals surface area (Å²) in [7, 11) is 1.82. The maximum Gasteiger partial charge on any atom is 0.244 e. The Morgan fingerprint density at radius 1 is 1.56 bits per heavy atom. The van der Waals surface area contributed by atoms with E-state index in [1.54, 1.807) is 11.0 Å². The van der Waals surface area contributed by atoms with Gasteiger partial charge >= 0.3 is 0 Å². The van der Waals surface area contributed by atoms with Crippen LogP contribution in [0.25, 0.3) is 0 Å². The molecule has 1 aromatic carbocycles. The van der Waals surface area contributed by atoms with E-state index in [0.717, 1.165) is 23.1 Å². The molecule has 1 atom stereocenters. The van der Waals surface area contributed by atoms with Crippen LogP contribution in [0, 0.1) is 0 Å². The lowest BCUT2D eigenvalue weighted by atomic mass is 10.2. The maximum atomic E-state index is 11.7. The van der Waals surface area contributed by atoms with Gasteiger partial charge in [-0.05, 0) is 40.5 Å². The Balaban J connectivity index is 2.10. The molecule has 0 bridgehead atoms. The van der Waals surface area contributed by atoms with Crippen molar-refractivity contribution in [3.05, 3.63) is 27.7 Å². The average molecular weight is 304 g/mol. The van der Waals surface area contributed by atoms with Crippen molar-refractivity contribution in [1.29, 1.82) is 0 Å². The Morgan fingerprint density at radius 2 is 2.31 bits per heavy atom. The first-order valence-electron chi connectivity index (χ1n) is 5.04. The molecule has 0 radical (unpaired) electrons. The number of hydrogen-bond acceptors (Lipinski definition) is 2. The second kappa shape index (κ2) is 4.63. The Kier molecular flexibility index (Phi) is 3.40. The van der Waals surface area contributed by atoms with Gasteiger partial charge in [0.05, 0.1) is 5.02 Å². The van der Waals surface area contributed by atoms with Gasteiger partial charge in [0.15, 0.2) is 0 Å². The minimum Gasteiger partial charge on any atom is -0.374 e. The van der Waals surface area contributed by atoms with Crippen LogP contribution in [0.2, 0.25) is 5.02 Å². The second-order valence-corrected chi connectivity index (χ2v) is 5.14. The molecule has 0 spiro atoms. The second-order valence-electron chi connectivity index (χ2n) is 3.87. The Labute approximate surface area is 108 Å². The third kappa shape index (κ3) is 2.33. The van der Waals surface area contributed by atoms with E-state index >= 15 is 0 Å². The van der Waals surface area contributed by atoms with Crippen LogP contribution in [0.3, 0.4) is 0 Å². The normalized spacial score (nSPS) is 20.3. The Bertz CT molecular complexity index is 424. The van der Waals surface area contributed by atoms with E-state index in [9.17, 15) is 4.79 Å². The van der Waals surface area contributed by atoms with Gasteiger partial charge in [-0.3, -0.25) is 4.79 Å². The molecule has 0 aliphatic carbocycles. The highest BCUT2D eigenvalue weighted by molar-refractivity contribution is 9.10. The zero-order valence-corrected chi connectivity index (χ0v) is 11.2. The summed E-state index contributed by atoms with van der Waals surface area (Å²) in [6.07, 6.45) is 0.843. The van der Waals surface area contributed by atoms with Crippen molar-refractivity contribution in [1.82, 2.24) is 4.90 Å². The Hall–Kier alpha value is -0.740. The molecule has 1 unspecified atom stereocenters. The van der Waals surface area contributed by atoms with Crippen molar-refractivity contribution in [3.63, 3.8) is 0 Å². The van der Waals surface area contributed by atoms with Gasteiger partial charge in [-0.15, -0.1) is 0 Å². The van der Waals surface area contributed by atoms with Crippen molar-refractivity contribution in [3.8, 4) is 0 Å². The van der Waals surface area contributed by atoms with Gasteiger partial charge in [-0.25, -0.2) is 0 Å². The minimum atomic E-state index is -0.113. The van der Waals surface area contributed by atoms with Crippen molar-refractivity contribution >= 4 is 39.1 Å². The molecule has 1 heterocycles. The first kappa shape index (κ1) is 11.7. The lowest BCUT2D eigenvalue weighted by molar-refractivity contribution is -0.127. The van der Waals surface area contributed by atoms with Crippen LogP contribution in [-0.4, -0.2) is 30.4 Å². The summed E-state index contributed by atoms with van der Waals surface area (Å²) in [5.41, 5.74) is 0.907. The number of nitrogens with one attached hydrogen (secondary N) is 1. The highest BCUT2D eigenvalue weighted by atomic mass is 79.9. The van der Waals surface area contributed by atoms with Crippen molar-refractivity contribution in [2.75, 3.05) is 18.9 Å². The molecule has 1 fully saturated rings. The predicted octanol–water partition coefficient (Wildman–Crippen LogP) is 2.75. The van der Waals surface area contributed by atoms with Gasteiger partial charge in [-0.1, -0.05) is 11.6 Å². The van der Waals surface area contributed by atoms with Crippen molar-refractivity contribution in [2.24, 2.45) is 0 Å². The van der Waals surface area contributed by atoms with Gasteiger partial charge < -0.3 is 10.2 Å². The van der Waals surface area contributed by atoms with E-state index in [-0.39, 0.29) is 11.9 Å². The van der Waals surface area contributed by atoms with Crippen LogP contribution < -0.4 is 5.32 Å². The van der Waals surface area contributed by atoms with E-state index in [4.69, 9.17) is 11.6 Å².